The van der Waals surface area contributed by atoms with Gasteiger partial charge in [0.05, 0.1) is 12.5 Å². The SMILES string of the molecule is CC(C)NC(=O)Cc1ccc(NC(=O)CS(=O)(=O)Nc2ccc(OC(C)C)cc2)cc1. The molecule has 0 aliphatic rings. The Kier molecular flexibility index (Phi) is 8.44. The highest BCUT2D eigenvalue weighted by Crippen LogP contribution is 2.18. The molecule has 0 radical (unpaired) electrons. The van der Waals surface area contributed by atoms with E-state index in [-0.39, 0.29) is 24.5 Å². The number of carbonyl (C=O) groups excluding carboxylic acids is 2. The van der Waals surface area contributed by atoms with E-state index in [1.165, 1.54) is 0 Å². The minimum atomic E-state index is -3.88. The van der Waals surface area contributed by atoms with Gasteiger partial charge in [-0.15, -0.1) is 0 Å². The summed E-state index contributed by atoms with van der Waals surface area (Å²) in [6.07, 6.45) is 0.239. The second-order valence-corrected chi connectivity index (χ2v) is 9.42. The first-order chi connectivity index (χ1) is 14.5. The van der Waals surface area contributed by atoms with Crippen molar-refractivity contribution < 1.29 is 22.7 Å². The Hall–Kier alpha value is -3.07. The van der Waals surface area contributed by atoms with E-state index in [0.717, 1.165) is 5.56 Å². The fourth-order valence-electron chi connectivity index (χ4n) is 2.72. The van der Waals surface area contributed by atoms with E-state index < -0.39 is 21.7 Å². The Balaban J connectivity index is 1.88. The fraction of sp³-hybridized carbons (Fsp3) is 0.364. The molecule has 8 nitrogen and oxygen atoms in total. The van der Waals surface area contributed by atoms with Crippen LogP contribution >= 0.6 is 0 Å². The molecule has 0 spiro atoms. The molecule has 31 heavy (non-hydrogen) atoms. The number of amides is 2. The second-order valence-electron chi connectivity index (χ2n) is 7.70. The summed E-state index contributed by atoms with van der Waals surface area (Å²) in [5.74, 6) is -0.860. The molecule has 0 saturated heterocycles. The molecule has 0 atom stereocenters. The van der Waals surface area contributed by atoms with Crippen molar-refractivity contribution in [1.29, 1.82) is 0 Å². The van der Waals surface area contributed by atoms with Gasteiger partial charge in [-0.25, -0.2) is 8.42 Å². The minimum Gasteiger partial charge on any atom is -0.491 e. The lowest BCUT2D eigenvalue weighted by atomic mass is 10.1. The van der Waals surface area contributed by atoms with Crippen molar-refractivity contribution in [3.63, 3.8) is 0 Å². The van der Waals surface area contributed by atoms with Crippen molar-refractivity contribution in [2.75, 3.05) is 15.8 Å². The Labute approximate surface area is 183 Å². The van der Waals surface area contributed by atoms with E-state index >= 15 is 0 Å². The van der Waals surface area contributed by atoms with Gasteiger partial charge in [0.2, 0.25) is 21.8 Å². The third-order valence-electron chi connectivity index (χ3n) is 3.87. The molecule has 3 N–H and O–H groups in total. The second kappa shape index (κ2) is 10.8. The number of ether oxygens (including phenoxy) is 1. The summed E-state index contributed by atoms with van der Waals surface area (Å²) in [6.45, 7) is 7.56. The van der Waals surface area contributed by atoms with E-state index in [1.807, 2.05) is 27.7 Å². The zero-order valence-electron chi connectivity index (χ0n) is 18.1. The molecule has 0 bridgehead atoms. The van der Waals surface area contributed by atoms with Gasteiger partial charge in [0.25, 0.3) is 0 Å². The molecule has 2 rings (SSSR count). The van der Waals surface area contributed by atoms with Crippen LogP contribution in [0.3, 0.4) is 0 Å². The van der Waals surface area contributed by atoms with E-state index in [1.54, 1.807) is 48.5 Å². The van der Waals surface area contributed by atoms with E-state index in [2.05, 4.69) is 15.4 Å². The Morgan fingerprint density at radius 3 is 2.00 bits per heavy atom. The number of carbonyl (C=O) groups is 2. The minimum absolute atomic E-state index is 0.0116. The van der Waals surface area contributed by atoms with Crippen LogP contribution < -0.4 is 20.1 Å². The molecule has 168 valence electrons. The van der Waals surface area contributed by atoms with Crippen molar-refractivity contribution >= 4 is 33.2 Å². The topological polar surface area (TPSA) is 114 Å². The molecule has 2 aromatic rings. The lowest BCUT2D eigenvalue weighted by Crippen LogP contribution is -2.31. The van der Waals surface area contributed by atoms with Gasteiger partial charge >= 0.3 is 0 Å². The Morgan fingerprint density at radius 2 is 1.45 bits per heavy atom. The van der Waals surface area contributed by atoms with Crippen LogP contribution in [0.4, 0.5) is 11.4 Å². The van der Waals surface area contributed by atoms with Crippen molar-refractivity contribution in [2.45, 2.75) is 46.3 Å². The van der Waals surface area contributed by atoms with Crippen LogP contribution in [0.2, 0.25) is 0 Å². The van der Waals surface area contributed by atoms with Crippen LogP contribution in [0.25, 0.3) is 0 Å². The van der Waals surface area contributed by atoms with Crippen LogP contribution in [-0.4, -0.2) is 38.1 Å². The maximum Gasteiger partial charge on any atom is 0.241 e. The summed E-state index contributed by atoms with van der Waals surface area (Å²) in [4.78, 5) is 24.0. The summed E-state index contributed by atoms with van der Waals surface area (Å²) in [5, 5.41) is 5.35. The molecule has 0 unspecified atom stereocenters. The molecule has 9 heteroatoms. The van der Waals surface area contributed by atoms with Gasteiger partial charge in [-0.2, -0.15) is 0 Å². The maximum absolute atomic E-state index is 12.3. The molecule has 0 aromatic heterocycles. The van der Waals surface area contributed by atoms with Gasteiger partial charge in [0.1, 0.15) is 11.5 Å². The molecule has 0 fully saturated rings. The van der Waals surface area contributed by atoms with Gasteiger partial charge in [0, 0.05) is 17.4 Å². The molecule has 2 amide bonds. The van der Waals surface area contributed by atoms with Crippen molar-refractivity contribution in [2.24, 2.45) is 0 Å². The number of hydrogen-bond donors (Lipinski definition) is 3. The number of anilines is 2. The zero-order valence-corrected chi connectivity index (χ0v) is 19.0. The van der Waals surface area contributed by atoms with Crippen LogP contribution in [0.1, 0.15) is 33.3 Å². The predicted octanol–water partition coefficient (Wildman–Crippen LogP) is 2.92. The van der Waals surface area contributed by atoms with Gasteiger partial charge in [-0.05, 0) is 69.7 Å². The highest BCUT2D eigenvalue weighted by molar-refractivity contribution is 7.93. The predicted molar refractivity (Wildman–Crippen MR) is 122 cm³/mol. The number of nitrogens with one attached hydrogen (secondary N) is 3. The summed E-state index contributed by atoms with van der Waals surface area (Å²) < 4.78 is 32.4. The van der Waals surface area contributed by atoms with Gasteiger partial charge < -0.3 is 15.4 Å². The average molecular weight is 448 g/mol. The highest BCUT2D eigenvalue weighted by atomic mass is 32.2. The fourth-order valence-corrected chi connectivity index (χ4v) is 3.71. The zero-order chi connectivity index (χ0) is 23.0. The molecule has 0 aliphatic carbocycles. The summed E-state index contributed by atoms with van der Waals surface area (Å²) >= 11 is 0. The lowest BCUT2D eigenvalue weighted by Gasteiger charge is -2.12. The molecule has 0 aliphatic heterocycles. The van der Waals surface area contributed by atoms with Crippen LogP contribution in [0.5, 0.6) is 5.75 Å². The maximum atomic E-state index is 12.3. The van der Waals surface area contributed by atoms with Gasteiger partial charge in [-0.3, -0.25) is 14.3 Å². The van der Waals surface area contributed by atoms with Gasteiger partial charge in [0.15, 0.2) is 0 Å². The first-order valence-electron chi connectivity index (χ1n) is 9.98. The van der Waals surface area contributed by atoms with Crippen LogP contribution in [-0.2, 0) is 26.0 Å². The quantitative estimate of drug-likeness (QED) is 0.518. The molecule has 2 aromatic carbocycles. The lowest BCUT2D eigenvalue weighted by molar-refractivity contribution is -0.121. The number of benzene rings is 2. The van der Waals surface area contributed by atoms with Crippen LogP contribution in [0.15, 0.2) is 48.5 Å². The summed E-state index contributed by atoms with van der Waals surface area (Å²) in [6, 6.07) is 13.2. The Morgan fingerprint density at radius 1 is 0.871 bits per heavy atom. The highest BCUT2D eigenvalue weighted by Gasteiger charge is 2.17. The first kappa shape index (κ1) is 24.2. The molecular formula is C22H29N3O5S. The summed E-state index contributed by atoms with van der Waals surface area (Å²) in [7, 11) is -3.88. The molecular weight excluding hydrogens is 418 g/mol. The van der Waals surface area contributed by atoms with E-state index in [9.17, 15) is 18.0 Å². The van der Waals surface area contributed by atoms with E-state index in [0.29, 0.717) is 17.1 Å². The monoisotopic (exact) mass is 447 g/mol. The third kappa shape index (κ3) is 9.08. The van der Waals surface area contributed by atoms with Crippen LogP contribution in [0, 0.1) is 0 Å². The number of hydrogen-bond acceptors (Lipinski definition) is 5. The first-order valence-corrected chi connectivity index (χ1v) is 11.6. The molecule has 0 saturated carbocycles. The normalized spacial score (nSPS) is 11.3. The Bertz CT molecular complexity index is 985. The largest absolute Gasteiger partial charge is 0.491 e. The molecule has 0 heterocycles. The standard InChI is InChI=1S/C22H29N3O5S/c1-15(2)23-21(26)13-17-5-7-18(8-6-17)24-22(27)14-31(28,29)25-19-9-11-20(12-10-19)30-16(3)4/h5-12,15-16,25H,13-14H2,1-4H3,(H,23,26)(H,24,27). The number of rotatable bonds is 10. The van der Waals surface area contributed by atoms with Crippen molar-refractivity contribution in [3.8, 4) is 5.75 Å². The van der Waals surface area contributed by atoms with Gasteiger partial charge in [-0.1, -0.05) is 12.1 Å². The third-order valence-corrected chi connectivity index (χ3v) is 5.06. The van der Waals surface area contributed by atoms with Crippen molar-refractivity contribution in [3.05, 3.63) is 54.1 Å². The average Bonchev–Trinajstić information content (AvgIpc) is 2.63. The smallest absolute Gasteiger partial charge is 0.241 e. The van der Waals surface area contributed by atoms with E-state index in [4.69, 9.17) is 4.74 Å². The van der Waals surface area contributed by atoms with Crippen molar-refractivity contribution in [1.82, 2.24) is 5.32 Å². The summed E-state index contributed by atoms with van der Waals surface area (Å²) in [5.41, 5.74) is 1.58. The number of sulfonamides is 1.